The molecule has 2 N–H and O–H groups in total. The highest BCUT2D eigenvalue weighted by Gasteiger charge is 2.14. The quantitative estimate of drug-likeness (QED) is 0.745. The lowest BCUT2D eigenvalue weighted by molar-refractivity contribution is 0.296. The molecule has 0 radical (unpaired) electrons. The number of benzene rings is 1. The standard InChI is InChI=1S/C15H25NOS/c1-11-8-12(2)15(13(3)9-11)14(16-4)10-18-7-5-6-17/h8-9,14,16-17H,5-7,10H2,1-4H3. The summed E-state index contributed by atoms with van der Waals surface area (Å²) in [7, 11) is 2.02. The summed E-state index contributed by atoms with van der Waals surface area (Å²) in [5.41, 5.74) is 5.50. The van der Waals surface area contributed by atoms with Crippen molar-refractivity contribution in [1.82, 2.24) is 5.32 Å². The highest BCUT2D eigenvalue weighted by molar-refractivity contribution is 7.99. The lowest BCUT2D eigenvalue weighted by Gasteiger charge is -2.21. The van der Waals surface area contributed by atoms with Crippen molar-refractivity contribution in [3.05, 3.63) is 34.4 Å². The second kappa shape index (κ2) is 7.82. The third-order valence-corrected chi connectivity index (χ3v) is 4.31. The van der Waals surface area contributed by atoms with Crippen LogP contribution in [0.3, 0.4) is 0 Å². The summed E-state index contributed by atoms with van der Waals surface area (Å²) < 4.78 is 0. The highest BCUT2D eigenvalue weighted by Crippen LogP contribution is 2.26. The molecule has 3 heteroatoms. The summed E-state index contributed by atoms with van der Waals surface area (Å²) in [5, 5.41) is 12.2. The van der Waals surface area contributed by atoms with E-state index in [1.54, 1.807) is 0 Å². The van der Waals surface area contributed by atoms with Gasteiger partial charge in [0.2, 0.25) is 0 Å². The first-order chi connectivity index (χ1) is 8.60. The first kappa shape index (κ1) is 15.5. The maximum absolute atomic E-state index is 8.80. The summed E-state index contributed by atoms with van der Waals surface area (Å²) in [4.78, 5) is 0. The lowest BCUT2D eigenvalue weighted by Crippen LogP contribution is -2.21. The summed E-state index contributed by atoms with van der Waals surface area (Å²) >= 11 is 1.90. The molecule has 1 aromatic rings. The van der Waals surface area contributed by atoms with E-state index in [0.717, 1.165) is 17.9 Å². The molecule has 0 heterocycles. The van der Waals surface area contributed by atoms with Crippen molar-refractivity contribution in [3.8, 4) is 0 Å². The van der Waals surface area contributed by atoms with Crippen LogP contribution in [-0.4, -0.2) is 30.3 Å². The molecule has 1 aromatic carbocycles. The fraction of sp³-hybridized carbons (Fsp3) is 0.600. The van der Waals surface area contributed by atoms with Gasteiger partial charge in [-0.15, -0.1) is 0 Å². The van der Waals surface area contributed by atoms with Crippen molar-refractivity contribution in [2.45, 2.75) is 33.2 Å². The van der Waals surface area contributed by atoms with E-state index in [1.807, 2.05) is 18.8 Å². The molecule has 2 nitrogen and oxygen atoms in total. The lowest BCUT2D eigenvalue weighted by atomic mass is 9.95. The van der Waals surface area contributed by atoms with Gasteiger partial charge in [-0.1, -0.05) is 17.7 Å². The van der Waals surface area contributed by atoms with Gasteiger partial charge in [0, 0.05) is 18.4 Å². The molecule has 1 atom stereocenters. The number of thioether (sulfide) groups is 1. The highest BCUT2D eigenvalue weighted by atomic mass is 32.2. The topological polar surface area (TPSA) is 32.3 Å². The van der Waals surface area contributed by atoms with Gasteiger partial charge in [0.05, 0.1) is 0 Å². The Morgan fingerprint density at radius 1 is 1.22 bits per heavy atom. The SMILES string of the molecule is CNC(CSCCCO)c1c(C)cc(C)cc1C. The number of hydrogen-bond donors (Lipinski definition) is 2. The van der Waals surface area contributed by atoms with E-state index in [2.05, 4.69) is 38.2 Å². The Labute approximate surface area is 115 Å². The molecule has 0 fully saturated rings. The molecule has 1 rings (SSSR count). The molecule has 0 aromatic heterocycles. The van der Waals surface area contributed by atoms with Gasteiger partial charge < -0.3 is 10.4 Å². The van der Waals surface area contributed by atoms with E-state index >= 15 is 0 Å². The molecule has 0 aliphatic carbocycles. The molecule has 0 saturated heterocycles. The Hall–Kier alpha value is -0.510. The Morgan fingerprint density at radius 2 is 1.83 bits per heavy atom. The Balaban J connectivity index is 2.75. The van der Waals surface area contributed by atoms with Gasteiger partial charge in [0.25, 0.3) is 0 Å². The third kappa shape index (κ3) is 4.30. The van der Waals surface area contributed by atoms with Crippen LogP contribution in [0.1, 0.15) is 34.7 Å². The number of hydrogen-bond acceptors (Lipinski definition) is 3. The predicted octanol–water partition coefficient (Wildman–Crippen LogP) is 2.99. The van der Waals surface area contributed by atoms with Gasteiger partial charge in [-0.05, 0) is 56.7 Å². The average molecular weight is 267 g/mol. The van der Waals surface area contributed by atoms with Crippen LogP contribution in [0.2, 0.25) is 0 Å². The van der Waals surface area contributed by atoms with Crippen LogP contribution in [0.15, 0.2) is 12.1 Å². The summed E-state index contributed by atoms with van der Waals surface area (Å²) in [6.45, 7) is 6.82. The van der Waals surface area contributed by atoms with E-state index < -0.39 is 0 Å². The number of aliphatic hydroxyl groups is 1. The van der Waals surface area contributed by atoms with Gasteiger partial charge in [-0.25, -0.2) is 0 Å². The van der Waals surface area contributed by atoms with E-state index in [-0.39, 0.29) is 0 Å². The molecule has 102 valence electrons. The minimum atomic E-state index is 0.291. The molecule has 18 heavy (non-hydrogen) atoms. The molecule has 0 bridgehead atoms. The van der Waals surface area contributed by atoms with Crippen LogP contribution >= 0.6 is 11.8 Å². The van der Waals surface area contributed by atoms with E-state index in [9.17, 15) is 0 Å². The monoisotopic (exact) mass is 267 g/mol. The zero-order valence-electron chi connectivity index (χ0n) is 11.9. The second-order valence-electron chi connectivity index (χ2n) is 4.81. The molecule has 0 spiro atoms. The van der Waals surface area contributed by atoms with Gasteiger partial charge in [0.15, 0.2) is 0 Å². The zero-order chi connectivity index (χ0) is 13.5. The Morgan fingerprint density at radius 3 is 2.33 bits per heavy atom. The van der Waals surface area contributed by atoms with E-state index in [4.69, 9.17) is 5.11 Å². The average Bonchev–Trinajstić information content (AvgIpc) is 2.31. The predicted molar refractivity (Wildman–Crippen MR) is 81.5 cm³/mol. The van der Waals surface area contributed by atoms with Crippen LogP contribution < -0.4 is 5.32 Å². The second-order valence-corrected chi connectivity index (χ2v) is 5.96. The van der Waals surface area contributed by atoms with Crippen molar-refractivity contribution in [3.63, 3.8) is 0 Å². The van der Waals surface area contributed by atoms with Crippen LogP contribution in [0.4, 0.5) is 0 Å². The Bertz CT molecular complexity index is 356. The summed E-state index contributed by atoms with van der Waals surface area (Å²) in [5.74, 6) is 2.08. The number of nitrogens with one attached hydrogen (secondary N) is 1. The third-order valence-electron chi connectivity index (χ3n) is 3.17. The first-order valence-electron chi connectivity index (χ1n) is 6.53. The van der Waals surface area contributed by atoms with Crippen molar-refractivity contribution < 1.29 is 5.11 Å². The van der Waals surface area contributed by atoms with Crippen LogP contribution in [0.25, 0.3) is 0 Å². The maximum atomic E-state index is 8.80. The first-order valence-corrected chi connectivity index (χ1v) is 7.69. The maximum Gasteiger partial charge on any atom is 0.0438 e. The normalized spacial score (nSPS) is 12.7. The van der Waals surface area contributed by atoms with Crippen molar-refractivity contribution in [1.29, 1.82) is 0 Å². The zero-order valence-corrected chi connectivity index (χ0v) is 12.7. The molecule has 0 aliphatic heterocycles. The number of aliphatic hydroxyl groups excluding tert-OH is 1. The summed E-state index contributed by atoms with van der Waals surface area (Å²) in [6.07, 6.45) is 0.882. The number of aryl methyl sites for hydroxylation is 3. The minimum Gasteiger partial charge on any atom is -0.396 e. The largest absolute Gasteiger partial charge is 0.396 e. The Kier molecular flexibility index (Phi) is 6.76. The van der Waals surface area contributed by atoms with Crippen molar-refractivity contribution in [2.75, 3.05) is 25.2 Å². The van der Waals surface area contributed by atoms with Crippen molar-refractivity contribution in [2.24, 2.45) is 0 Å². The van der Waals surface area contributed by atoms with Gasteiger partial charge in [0.1, 0.15) is 0 Å². The van der Waals surface area contributed by atoms with Crippen LogP contribution in [0.5, 0.6) is 0 Å². The van der Waals surface area contributed by atoms with Crippen LogP contribution in [-0.2, 0) is 0 Å². The minimum absolute atomic E-state index is 0.291. The van der Waals surface area contributed by atoms with E-state index in [1.165, 1.54) is 22.3 Å². The molecule has 1 unspecified atom stereocenters. The van der Waals surface area contributed by atoms with Crippen LogP contribution in [0, 0.1) is 20.8 Å². The van der Waals surface area contributed by atoms with Crippen molar-refractivity contribution >= 4 is 11.8 Å². The van der Waals surface area contributed by atoms with E-state index in [0.29, 0.717) is 12.6 Å². The molecular formula is C15H25NOS. The summed E-state index contributed by atoms with van der Waals surface area (Å²) in [6, 6.07) is 4.91. The number of rotatable bonds is 7. The fourth-order valence-corrected chi connectivity index (χ4v) is 3.49. The van der Waals surface area contributed by atoms with Gasteiger partial charge in [-0.2, -0.15) is 11.8 Å². The molecule has 0 aliphatic rings. The van der Waals surface area contributed by atoms with Gasteiger partial charge >= 0.3 is 0 Å². The van der Waals surface area contributed by atoms with Gasteiger partial charge in [-0.3, -0.25) is 0 Å². The fourth-order valence-electron chi connectivity index (χ4n) is 2.42. The smallest absolute Gasteiger partial charge is 0.0438 e. The molecule has 0 amide bonds. The molecule has 0 saturated carbocycles. The molecular weight excluding hydrogens is 242 g/mol.